The highest BCUT2D eigenvalue weighted by Gasteiger charge is 2.31. The predicted molar refractivity (Wildman–Crippen MR) is 47.6 cm³/mol. The van der Waals surface area contributed by atoms with Crippen molar-refractivity contribution in [2.45, 2.75) is 31.4 Å². The lowest BCUT2D eigenvalue weighted by molar-refractivity contribution is -0.00461. The van der Waals surface area contributed by atoms with Crippen LogP contribution in [0.4, 0.5) is 0 Å². The summed E-state index contributed by atoms with van der Waals surface area (Å²) in [6.07, 6.45) is 2.21. The highest BCUT2D eigenvalue weighted by molar-refractivity contribution is 5.02. The molecule has 2 fully saturated rings. The molecule has 5 heteroatoms. The van der Waals surface area contributed by atoms with Gasteiger partial charge in [-0.25, -0.2) is 0 Å². The Morgan fingerprint density at radius 3 is 2.86 bits per heavy atom. The third-order valence-electron chi connectivity index (χ3n) is 2.71. The molecule has 2 heterocycles. The summed E-state index contributed by atoms with van der Waals surface area (Å²) in [6, 6.07) is 0. The first-order chi connectivity index (χ1) is 6.81. The fraction of sp³-hybridized carbons (Fsp3) is 0.778. The molecule has 1 saturated heterocycles. The van der Waals surface area contributed by atoms with E-state index in [1.807, 2.05) is 0 Å². The fourth-order valence-corrected chi connectivity index (χ4v) is 1.70. The van der Waals surface area contributed by atoms with E-state index in [1.54, 1.807) is 0 Å². The normalized spacial score (nSPS) is 23.8. The minimum atomic E-state index is -0.162. The molecule has 3 rings (SSSR count). The SMILES string of the molecule is OC1CN(Cc2noc(C3CC3)n2)C1. The summed E-state index contributed by atoms with van der Waals surface area (Å²) in [6.45, 7) is 2.16. The molecule has 1 aromatic rings. The molecule has 2 aliphatic rings. The Kier molecular flexibility index (Phi) is 1.81. The number of rotatable bonds is 3. The van der Waals surface area contributed by atoms with Gasteiger partial charge in [0.2, 0.25) is 5.89 Å². The molecule has 0 unspecified atom stereocenters. The van der Waals surface area contributed by atoms with E-state index in [9.17, 15) is 0 Å². The third-order valence-corrected chi connectivity index (χ3v) is 2.71. The molecule has 1 aliphatic heterocycles. The molecule has 0 radical (unpaired) electrons. The van der Waals surface area contributed by atoms with E-state index < -0.39 is 0 Å². The van der Waals surface area contributed by atoms with Gasteiger partial charge in [0.1, 0.15) is 0 Å². The average molecular weight is 195 g/mol. The summed E-state index contributed by atoms with van der Waals surface area (Å²) in [7, 11) is 0. The first-order valence-electron chi connectivity index (χ1n) is 5.04. The van der Waals surface area contributed by atoms with Crippen LogP contribution in [-0.4, -0.2) is 39.3 Å². The van der Waals surface area contributed by atoms with Crippen molar-refractivity contribution in [3.63, 3.8) is 0 Å². The monoisotopic (exact) mass is 195 g/mol. The van der Waals surface area contributed by atoms with Crippen LogP contribution in [0.2, 0.25) is 0 Å². The second-order valence-corrected chi connectivity index (χ2v) is 4.17. The molecule has 1 aromatic heterocycles. The van der Waals surface area contributed by atoms with Crippen LogP contribution >= 0.6 is 0 Å². The zero-order valence-electron chi connectivity index (χ0n) is 7.89. The predicted octanol–water partition coefficient (Wildman–Crippen LogP) is 0.123. The van der Waals surface area contributed by atoms with Crippen LogP contribution in [0.25, 0.3) is 0 Å². The number of hydrogen-bond acceptors (Lipinski definition) is 5. The summed E-state index contributed by atoms with van der Waals surface area (Å²) in [4.78, 5) is 6.42. The van der Waals surface area contributed by atoms with Gasteiger partial charge in [-0.1, -0.05) is 5.16 Å². The van der Waals surface area contributed by atoms with Gasteiger partial charge in [-0.2, -0.15) is 4.98 Å². The van der Waals surface area contributed by atoms with Crippen molar-refractivity contribution in [2.75, 3.05) is 13.1 Å². The number of β-amino-alcohol motifs (C(OH)–C–C–N with tert-alkyl or cyclic N) is 1. The second kappa shape index (κ2) is 3.03. The van der Waals surface area contributed by atoms with Gasteiger partial charge in [-0.3, -0.25) is 4.90 Å². The minimum absolute atomic E-state index is 0.162. The van der Waals surface area contributed by atoms with Crippen molar-refractivity contribution in [3.05, 3.63) is 11.7 Å². The number of aliphatic hydroxyl groups is 1. The van der Waals surface area contributed by atoms with E-state index in [0.717, 1.165) is 24.8 Å². The molecule has 5 nitrogen and oxygen atoms in total. The van der Waals surface area contributed by atoms with E-state index in [0.29, 0.717) is 12.5 Å². The van der Waals surface area contributed by atoms with Gasteiger partial charge in [0, 0.05) is 19.0 Å². The van der Waals surface area contributed by atoms with Crippen LogP contribution in [-0.2, 0) is 6.54 Å². The highest BCUT2D eigenvalue weighted by Crippen LogP contribution is 2.38. The van der Waals surface area contributed by atoms with Crippen LogP contribution in [0.5, 0.6) is 0 Å². The quantitative estimate of drug-likeness (QED) is 0.742. The van der Waals surface area contributed by atoms with Crippen LogP contribution in [0.3, 0.4) is 0 Å². The maximum atomic E-state index is 9.09. The number of aliphatic hydroxyl groups excluding tert-OH is 1. The Labute approximate surface area is 81.7 Å². The Balaban J connectivity index is 1.60. The summed E-state index contributed by atoms with van der Waals surface area (Å²) in [5, 5.41) is 13.0. The zero-order chi connectivity index (χ0) is 9.54. The maximum absolute atomic E-state index is 9.09. The van der Waals surface area contributed by atoms with Crippen LogP contribution < -0.4 is 0 Å². The largest absolute Gasteiger partial charge is 0.390 e. The Morgan fingerprint density at radius 2 is 2.21 bits per heavy atom. The molecule has 0 amide bonds. The highest BCUT2D eigenvalue weighted by atomic mass is 16.5. The van der Waals surface area contributed by atoms with Crippen LogP contribution in [0.15, 0.2) is 4.52 Å². The lowest BCUT2D eigenvalue weighted by Gasteiger charge is -2.34. The number of hydrogen-bond donors (Lipinski definition) is 1. The summed E-state index contributed by atoms with van der Waals surface area (Å²) >= 11 is 0. The topological polar surface area (TPSA) is 62.4 Å². The molecule has 0 spiro atoms. The maximum Gasteiger partial charge on any atom is 0.229 e. The Bertz CT molecular complexity index is 329. The molecule has 1 aliphatic carbocycles. The van der Waals surface area contributed by atoms with Crippen molar-refractivity contribution >= 4 is 0 Å². The van der Waals surface area contributed by atoms with Crippen molar-refractivity contribution in [2.24, 2.45) is 0 Å². The molecular weight excluding hydrogens is 182 g/mol. The van der Waals surface area contributed by atoms with Crippen molar-refractivity contribution < 1.29 is 9.63 Å². The van der Waals surface area contributed by atoms with Crippen molar-refractivity contribution in [3.8, 4) is 0 Å². The Hall–Kier alpha value is -0.940. The Morgan fingerprint density at radius 1 is 1.43 bits per heavy atom. The zero-order valence-corrected chi connectivity index (χ0v) is 7.89. The van der Waals surface area contributed by atoms with E-state index in [1.165, 1.54) is 12.8 Å². The average Bonchev–Trinajstić information content (AvgIpc) is 2.86. The second-order valence-electron chi connectivity index (χ2n) is 4.17. The number of likely N-dealkylation sites (tertiary alicyclic amines) is 1. The molecule has 76 valence electrons. The fourth-order valence-electron chi connectivity index (χ4n) is 1.70. The van der Waals surface area contributed by atoms with E-state index >= 15 is 0 Å². The summed E-state index contributed by atoms with van der Waals surface area (Å²) in [5.41, 5.74) is 0. The lowest BCUT2D eigenvalue weighted by atomic mass is 10.2. The third kappa shape index (κ3) is 1.53. The first-order valence-corrected chi connectivity index (χ1v) is 5.04. The molecule has 0 aromatic carbocycles. The summed E-state index contributed by atoms with van der Waals surface area (Å²) in [5.74, 6) is 2.07. The lowest BCUT2D eigenvalue weighted by Crippen LogP contribution is -2.49. The molecule has 0 bridgehead atoms. The van der Waals surface area contributed by atoms with Gasteiger partial charge in [0.15, 0.2) is 5.82 Å². The van der Waals surface area contributed by atoms with E-state index in [2.05, 4.69) is 15.0 Å². The van der Waals surface area contributed by atoms with Crippen LogP contribution in [0.1, 0.15) is 30.5 Å². The number of nitrogens with zero attached hydrogens (tertiary/aromatic N) is 3. The van der Waals surface area contributed by atoms with Gasteiger partial charge in [-0.05, 0) is 12.8 Å². The van der Waals surface area contributed by atoms with Crippen molar-refractivity contribution in [1.29, 1.82) is 0 Å². The van der Waals surface area contributed by atoms with Gasteiger partial charge >= 0.3 is 0 Å². The molecule has 0 atom stereocenters. The van der Waals surface area contributed by atoms with Crippen molar-refractivity contribution in [1.82, 2.24) is 15.0 Å². The van der Waals surface area contributed by atoms with Gasteiger partial charge in [0.05, 0.1) is 12.6 Å². The molecule has 14 heavy (non-hydrogen) atoms. The number of aromatic nitrogens is 2. The first kappa shape index (κ1) is 8.38. The van der Waals surface area contributed by atoms with E-state index in [-0.39, 0.29) is 6.10 Å². The minimum Gasteiger partial charge on any atom is -0.390 e. The standard InChI is InChI=1S/C9H13N3O2/c13-7-3-12(4-7)5-8-10-9(14-11-8)6-1-2-6/h6-7,13H,1-5H2. The van der Waals surface area contributed by atoms with Gasteiger partial charge in [-0.15, -0.1) is 0 Å². The van der Waals surface area contributed by atoms with Gasteiger partial charge in [0.25, 0.3) is 0 Å². The molecular formula is C9H13N3O2. The molecule has 1 N–H and O–H groups in total. The summed E-state index contributed by atoms with van der Waals surface area (Å²) < 4.78 is 5.13. The van der Waals surface area contributed by atoms with Crippen LogP contribution in [0, 0.1) is 0 Å². The van der Waals surface area contributed by atoms with E-state index in [4.69, 9.17) is 9.63 Å². The molecule has 1 saturated carbocycles. The van der Waals surface area contributed by atoms with Gasteiger partial charge < -0.3 is 9.63 Å². The smallest absolute Gasteiger partial charge is 0.229 e.